The van der Waals surface area contributed by atoms with Crippen LogP contribution >= 0.6 is 0 Å². The van der Waals surface area contributed by atoms with Gasteiger partial charge in [0.1, 0.15) is 36.3 Å². The summed E-state index contributed by atoms with van der Waals surface area (Å²) in [6.07, 6.45) is 1.46. The molecule has 9 heteroatoms. The summed E-state index contributed by atoms with van der Waals surface area (Å²) in [5.41, 5.74) is 9.54. The Morgan fingerprint density at radius 3 is 1.98 bits per heavy atom. The topological polar surface area (TPSA) is 106 Å². The lowest BCUT2D eigenvalue weighted by atomic mass is 9.80. The van der Waals surface area contributed by atoms with E-state index in [1.54, 1.807) is 6.20 Å². The van der Waals surface area contributed by atoms with Crippen molar-refractivity contribution >= 4 is 11.6 Å². The molecule has 2 saturated heterocycles. The molecule has 2 aliphatic heterocycles. The highest BCUT2D eigenvalue weighted by molar-refractivity contribution is 5.51. The van der Waals surface area contributed by atoms with Crippen molar-refractivity contribution in [2.75, 3.05) is 12.3 Å². The van der Waals surface area contributed by atoms with Crippen molar-refractivity contribution in [3.8, 4) is 0 Å². The predicted molar refractivity (Wildman–Crippen MR) is 152 cm³/mol. The SMILES string of the molecule is CC1(C)O[C@@H]2[C@H](O1)[C@@H](COC(c1ccccc1)(c1ccccc1)c1ccccc1)O[C@@H]2c1cnn2c(N)ncnc12. The van der Waals surface area contributed by atoms with Gasteiger partial charge in [-0.05, 0) is 30.5 Å². The zero-order valence-electron chi connectivity index (χ0n) is 22.8. The van der Waals surface area contributed by atoms with E-state index in [1.165, 1.54) is 10.8 Å². The van der Waals surface area contributed by atoms with Gasteiger partial charge in [-0.25, -0.2) is 9.97 Å². The minimum absolute atomic E-state index is 0.242. The van der Waals surface area contributed by atoms with Crippen LogP contribution in [0.2, 0.25) is 0 Å². The first-order chi connectivity index (χ1) is 20.0. The smallest absolute Gasteiger partial charge is 0.224 e. The third-order valence-corrected chi connectivity index (χ3v) is 7.82. The number of rotatable bonds is 7. The summed E-state index contributed by atoms with van der Waals surface area (Å²) >= 11 is 0. The van der Waals surface area contributed by atoms with Crippen LogP contribution < -0.4 is 5.73 Å². The second-order valence-electron chi connectivity index (χ2n) is 10.8. The Bertz CT molecular complexity index is 1550. The maximum atomic E-state index is 7.09. The number of nitrogen functional groups attached to an aromatic ring is 1. The zero-order valence-corrected chi connectivity index (χ0v) is 22.8. The van der Waals surface area contributed by atoms with Crippen LogP contribution in [0, 0.1) is 0 Å². The summed E-state index contributed by atoms with van der Waals surface area (Å²) in [4.78, 5) is 8.47. The quantitative estimate of drug-likeness (QED) is 0.292. The van der Waals surface area contributed by atoms with Crippen molar-refractivity contribution in [3.05, 3.63) is 126 Å². The zero-order chi connectivity index (χ0) is 28.0. The Labute approximate surface area is 237 Å². The van der Waals surface area contributed by atoms with Crippen LogP contribution in [0.4, 0.5) is 5.95 Å². The summed E-state index contributed by atoms with van der Waals surface area (Å²) in [6, 6.07) is 30.8. The maximum absolute atomic E-state index is 7.09. The van der Waals surface area contributed by atoms with Crippen molar-refractivity contribution in [3.63, 3.8) is 0 Å². The molecule has 9 nitrogen and oxygen atoms in total. The van der Waals surface area contributed by atoms with E-state index in [0.717, 1.165) is 22.3 Å². The number of benzene rings is 3. The summed E-state index contributed by atoms with van der Waals surface area (Å²) in [7, 11) is 0. The predicted octanol–water partition coefficient (Wildman–Crippen LogP) is 4.68. The van der Waals surface area contributed by atoms with E-state index in [0.29, 0.717) is 5.65 Å². The lowest BCUT2D eigenvalue weighted by Gasteiger charge is -2.37. The number of aromatic nitrogens is 4. The number of fused-ring (bicyclic) bond motifs is 2. The van der Waals surface area contributed by atoms with Crippen LogP contribution in [0.5, 0.6) is 0 Å². The Balaban J connectivity index is 1.28. The summed E-state index contributed by atoms with van der Waals surface area (Å²) in [6.45, 7) is 4.07. The number of anilines is 1. The molecule has 7 rings (SSSR count). The molecule has 0 spiro atoms. The lowest BCUT2D eigenvalue weighted by Crippen LogP contribution is -2.39. The molecule has 0 bridgehead atoms. The highest BCUT2D eigenvalue weighted by Crippen LogP contribution is 2.47. The molecular formula is C32H31N5O4. The third kappa shape index (κ3) is 4.38. The van der Waals surface area contributed by atoms with Crippen LogP contribution in [0.25, 0.3) is 5.65 Å². The summed E-state index contributed by atoms with van der Waals surface area (Å²) in [5, 5.41) is 4.40. The van der Waals surface area contributed by atoms with Crippen molar-refractivity contribution in [2.24, 2.45) is 0 Å². The Morgan fingerprint density at radius 1 is 0.829 bits per heavy atom. The van der Waals surface area contributed by atoms with Gasteiger partial charge in [0.15, 0.2) is 11.4 Å². The number of hydrogen-bond donors (Lipinski definition) is 1. The highest BCUT2D eigenvalue weighted by Gasteiger charge is 2.57. The van der Waals surface area contributed by atoms with Crippen LogP contribution in [0.3, 0.4) is 0 Å². The first-order valence-electron chi connectivity index (χ1n) is 13.7. The van der Waals surface area contributed by atoms with Gasteiger partial charge in [0.2, 0.25) is 5.95 Å². The van der Waals surface area contributed by atoms with Crippen molar-refractivity contribution in [2.45, 2.75) is 49.7 Å². The molecule has 2 fully saturated rings. The molecule has 208 valence electrons. The molecule has 0 amide bonds. The Hall–Kier alpha value is -4.15. The van der Waals surface area contributed by atoms with Gasteiger partial charge in [0.05, 0.1) is 12.8 Å². The molecule has 3 aromatic carbocycles. The normalized spacial score (nSPS) is 23.6. The van der Waals surface area contributed by atoms with Gasteiger partial charge in [-0.15, -0.1) is 0 Å². The first kappa shape index (κ1) is 25.8. The minimum Gasteiger partial charge on any atom is -0.368 e. The number of nitrogens with two attached hydrogens (primary N) is 1. The van der Waals surface area contributed by atoms with E-state index in [1.807, 2.05) is 68.4 Å². The molecule has 2 N–H and O–H groups in total. The van der Waals surface area contributed by atoms with Crippen LogP contribution in [-0.4, -0.2) is 50.3 Å². The highest BCUT2D eigenvalue weighted by atomic mass is 16.8. The Morgan fingerprint density at radius 2 is 1.39 bits per heavy atom. The molecule has 2 aliphatic rings. The number of ether oxygens (including phenoxy) is 4. The molecule has 0 saturated carbocycles. The summed E-state index contributed by atoms with van der Waals surface area (Å²) < 4.78 is 28.1. The van der Waals surface area contributed by atoms with Gasteiger partial charge in [-0.2, -0.15) is 9.61 Å². The van der Waals surface area contributed by atoms with Gasteiger partial charge in [-0.1, -0.05) is 91.0 Å². The maximum Gasteiger partial charge on any atom is 0.224 e. The van der Waals surface area contributed by atoms with Gasteiger partial charge in [-0.3, -0.25) is 0 Å². The van der Waals surface area contributed by atoms with Crippen molar-refractivity contribution in [1.29, 1.82) is 0 Å². The van der Waals surface area contributed by atoms with Crippen LogP contribution in [0.15, 0.2) is 104 Å². The second kappa shape index (κ2) is 10.0. The van der Waals surface area contributed by atoms with E-state index in [9.17, 15) is 0 Å². The Kier molecular flexibility index (Phi) is 6.32. The fourth-order valence-corrected chi connectivity index (χ4v) is 6.09. The first-order valence-corrected chi connectivity index (χ1v) is 13.7. The standard InChI is InChI=1S/C32H31N5O4/c1-31(2)40-27-25(39-26(28(27)41-31)24-18-36-37-29(24)34-20-35-30(37)33)19-38-32(21-12-6-3-7-13-21,22-14-8-4-9-15-22)23-16-10-5-11-17-23/h3-18,20,25-28H,19H2,1-2H3,(H2,33,34,35)/t25-,26-,27-,28+/m1/s1. The van der Waals surface area contributed by atoms with Crippen molar-refractivity contribution < 1.29 is 18.9 Å². The van der Waals surface area contributed by atoms with Gasteiger partial charge in [0, 0.05) is 5.56 Å². The van der Waals surface area contributed by atoms with E-state index in [-0.39, 0.29) is 24.8 Å². The lowest BCUT2D eigenvalue weighted by molar-refractivity contribution is -0.196. The van der Waals surface area contributed by atoms with Gasteiger partial charge >= 0.3 is 0 Å². The average Bonchev–Trinajstić information content (AvgIpc) is 3.67. The van der Waals surface area contributed by atoms with E-state index in [4.69, 9.17) is 24.7 Å². The second-order valence-corrected chi connectivity index (χ2v) is 10.8. The van der Waals surface area contributed by atoms with E-state index < -0.39 is 23.6 Å². The van der Waals surface area contributed by atoms with Gasteiger partial charge < -0.3 is 24.7 Å². The largest absolute Gasteiger partial charge is 0.368 e. The van der Waals surface area contributed by atoms with Crippen LogP contribution in [-0.2, 0) is 24.5 Å². The van der Waals surface area contributed by atoms with E-state index in [2.05, 4.69) is 51.5 Å². The van der Waals surface area contributed by atoms with Crippen molar-refractivity contribution in [1.82, 2.24) is 19.6 Å². The molecule has 4 atom stereocenters. The van der Waals surface area contributed by atoms with Crippen LogP contribution in [0.1, 0.15) is 42.2 Å². The number of hydrogen-bond acceptors (Lipinski definition) is 8. The molecule has 0 unspecified atom stereocenters. The third-order valence-electron chi connectivity index (χ3n) is 7.82. The van der Waals surface area contributed by atoms with Gasteiger partial charge in [0.25, 0.3) is 0 Å². The fourth-order valence-electron chi connectivity index (χ4n) is 6.09. The molecule has 4 heterocycles. The summed E-state index contributed by atoms with van der Waals surface area (Å²) in [5.74, 6) is -0.542. The minimum atomic E-state index is -0.887. The fraction of sp³-hybridized carbons (Fsp3) is 0.281. The molecule has 5 aromatic rings. The van der Waals surface area contributed by atoms with E-state index >= 15 is 0 Å². The average molecular weight is 550 g/mol. The molecule has 2 aromatic heterocycles. The monoisotopic (exact) mass is 549 g/mol. The molecule has 0 aliphatic carbocycles. The molecule has 41 heavy (non-hydrogen) atoms. The molecule has 0 radical (unpaired) electrons. The molecular weight excluding hydrogens is 518 g/mol. The number of nitrogens with zero attached hydrogens (tertiary/aromatic N) is 4.